The van der Waals surface area contributed by atoms with E-state index in [1.165, 1.54) is 0 Å². The zero-order chi connectivity index (χ0) is 9.65. The van der Waals surface area contributed by atoms with Crippen LogP contribution in [0, 0.1) is 0 Å². The van der Waals surface area contributed by atoms with Crippen molar-refractivity contribution in [3.05, 3.63) is 0 Å². The first-order valence-electron chi connectivity index (χ1n) is 1.89. The molecule has 0 radical (unpaired) electrons. The van der Waals surface area contributed by atoms with Crippen LogP contribution >= 0.6 is 7.82 Å². The molecule has 76 valence electrons. The molecule has 0 aromatic rings. The van der Waals surface area contributed by atoms with E-state index >= 15 is 0 Å². The Morgan fingerprint density at radius 3 is 1.08 bits per heavy atom. The number of carbonyl (C=O) groups is 2. The van der Waals surface area contributed by atoms with Crippen molar-refractivity contribution in [2.45, 2.75) is 0 Å². The Bertz CT molecular complexity index is 183. The molecule has 0 fully saturated rings. The van der Waals surface area contributed by atoms with Crippen LogP contribution < -0.4 is 18.9 Å². The van der Waals surface area contributed by atoms with Gasteiger partial charge in [0, 0.05) is 0 Å². The predicted molar refractivity (Wildman–Crippen MR) is 33.1 cm³/mol. The van der Waals surface area contributed by atoms with Crippen LogP contribution in [-0.4, -0.2) is 36.8 Å². The molecule has 5 N–H and O–H groups in total. The van der Waals surface area contributed by atoms with Crippen LogP contribution in [0.2, 0.25) is 0 Å². The topological polar surface area (TPSA) is 152 Å². The van der Waals surface area contributed by atoms with E-state index in [2.05, 4.69) is 0 Å². The molecule has 0 saturated heterocycles. The smallest absolute Gasteiger partial charge is 1.00 e. The average molecular weight is 216 g/mol. The van der Waals surface area contributed by atoms with Gasteiger partial charge in [0.2, 0.25) is 0 Å². The van der Waals surface area contributed by atoms with Gasteiger partial charge in [0.05, 0.1) is 0 Å². The van der Waals surface area contributed by atoms with Gasteiger partial charge in [-0.3, -0.25) is 4.70 Å². The number of rotatable bonds is 0. The predicted octanol–water partition coefficient (Wildman–Crippen LogP) is -4.50. The summed E-state index contributed by atoms with van der Waals surface area (Å²) in [5.41, 5.74) is 0. The first-order chi connectivity index (χ1) is 4.64. The second-order valence-corrected chi connectivity index (χ2v) is 2.15. The molecule has 0 aliphatic heterocycles. The Labute approximate surface area is 84.5 Å². The Morgan fingerprint density at radius 2 is 1.08 bits per heavy atom. The van der Waals surface area contributed by atoms with Gasteiger partial charge in [0.15, 0.2) is 0 Å². The third-order valence-electron chi connectivity index (χ3n) is 0.183. The first-order valence-corrected chi connectivity index (χ1v) is 3.45. The van der Waals surface area contributed by atoms with Gasteiger partial charge in [-0.2, -0.15) is 0 Å². The molecular formula is C2H7FLiO8P. The summed E-state index contributed by atoms with van der Waals surface area (Å²) in [6, 6.07) is 0. The Kier molecular flexibility index (Phi) is 17.0. The van der Waals surface area contributed by atoms with Gasteiger partial charge in [-0.25, -0.2) is 14.2 Å². The molecule has 0 spiro atoms. The summed E-state index contributed by atoms with van der Waals surface area (Å²) in [7, 11) is -4.64. The summed E-state index contributed by atoms with van der Waals surface area (Å²) >= 11 is 0. The van der Waals surface area contributed by atoms with Gasteiger partial charge in [-0.05, 0) is 0 Å². The molecule has 0 aromatic heterocycles. The maximum Gasteiger partial charge on any atom is 1.00 e. The number of aliphatic carboxylic acids is 2. The zero-order valence-electron chi connectivity index (χ0n) is 7.32. The van der Waals surface area contributed by atoms with Crippen LogP contribution in [0.3, 0.4) is 0 Å². The van der Waals surface area contributed by atoms with E-state index in [-0.39, 0.29) is 25.0 Å². The summed E-state index contributed by atoms with van der Waals surface area (Å²) in [5, 5.41) is 14.8. The van der Waals surface area contributed by atoms with E-state index in [1.807, 2.05) is 0 Å². The van der Waals surface area contributed by atoms with Crippen molar-refractivity contribution in [1.29, 1.82) is 0 Å². The van der Waals surface area contributed by atoms with Crippen LogP contribution in [0.4, 0.5) is 4.70 Å². The van der Waals surface area contributed by atoms with E-state index in [0.717, 1.165) is 0 Å². The molecular weight excluding hydrogens is 209 g/mol. The standard InChI is InChI=1S/C2H2O4.FH.Li.H3O4P.H/c3-1(4)2(5)6;;;1-5(2,3)4;/h(H,3,4)(H,5,6);1H;;(H3,1,2,3,4);/q;;+1;;-1. The second kappa shape index (κ2) is 9.66. The molecule has 0 aliphatic carbocycles. The summed E-state index contributed by atoms with van der Waals surface area (Å²) in [5.74, 6) is -3.65. The molecule has 0 amide bonds. The first kappa shape index (κ1) is 22.9. The van der Waals surface area contributed by atoms with Gasteiger partial charge in [0.25, 0.3) is 0 Å². The number of halogens is 1. The van der Waals surface area contributed by atoms with Crippen molar-refractivity contribution < 1.29 is 64.0 Å². The number of carboxylic acid groups (broad SMARTS) is 2. The Morgan fingerprint density at radius 1 is 1.00 bits per heavy atom. The SMILES string of the molecule is F.O=C(O)C(=O)O.O=P(O)(O)O.[H-].[Li+]. The summed E-state index contributed by atoms with van der Waals surface area (Å²) < 4.78 is 8.88. The monoisotopic (exact) mass is 216 g/mol. The van der Waals surface area contributed by atoms with Gasteiger partial charge in [-0.15, -0.1) is 0 Å². The number of carboxylic acids is 2. The third-order valence-corrected chi connectivity index (χ3v) is 0.183. The summed E-state index contributed by atoms with van der Waals surface area (Å²) in [6.07, 6.45) is 0. The molecule has 0 aromatic carbocycles. The molecule has 11 heteroatoms. The van der Waals surface area contributed by atoms with Crippen LogP contribution in [0.5, 0.6) is 0 Å². The van der Waals surface area contributed by atoms with Crippen molar-refractivity contribution in [2.75, 3.05) is 0 Å². The number of hydrogen-bond donors (Lipinski definition) is 5. The fraction of sp³-hybridized carbons (Fsp3) is 0. The minimum absolute atomic E-state index is 0. The van der Waals surface area contributed by atoms with E-state index < -0.39 is 19.8 Å². The molecule has 0 heterocycles. The van der Waals surface area contributed by atoms with Crippen molar-refractivity contribution in [1.82, 2.24) is 0 Å². The molecule has 0 aliphatic rings. The van der Waals surface area contributed by atoms with Crippen LogP contribution in [0.1, 0.15) is 1.43 Å². The van der Waals surface area contributed by atoms with Crippen molar-refractivity contribution in [3.63, 3.8) is 0 Å². The Hall–Kier alpha value is -0.423. The van der Waals surface area contributed by atoms with Gasteiger partial charge < -0.3 is 26.3 Å². The second-order valence-electron chi connectivity index (χ2n) is 1.12. The van der Waals surface area contributed by atoms with E-state index in [4.69, 9.17) is 39.0 Å². The van der Waals surface area contributed by atoms with E-state index in [1.54, 1.807) is 0 Å². The maximum atomic E-state index is 9.10. The minimum atomic E-state index is -4.64. The largest absolute Gasteiger partial charge is 1.00 e. The molecule has 8 nitrogen and oxygen atoms in total. The minimum Gasteiger partial charge on any atom is -1.00 e. The molecule has 0 saturated carbocycles. The molecule has 0 unspecified atom stereocenters. The van der Waals surface area contributed by atoms with Crippen LogP contribution in [0.25, 0.3) is 0 Å². The Balaban J connectivity index is -0.0000000321. The van der Waals surface area contributed by atoms with Crippen molar-refractivity contribution in [2.24, 2.45) is 0 Å². The van der Waals surface area contributed by atoms with Gasteiger partial charge in [-0.1, -0.05) is 0 Å². The average Bonchev–Trinajstić information content (AvgIpc) is 1.59. The fourth-order valence-corrected chi connectivity index (χ4v) is 0. The summed E-state index contributed by atoms with van der Waals surface area (Å²) in [6.45, 7) is 0. The fourth-order valence-electron chi connectivity index (χ4n) is 0. The normalized spacial score (nSPS) is 7.92. The third kappa shape index (κ3) is 83.0. The van der Waals surface area contributed by atoms with Crippen molar-refractivity contribution >= 4 is 19.8 Å². The van der Waals surface area contributed by atoms with E-state index in [9.17, 15) is 0 Å². The molecule has 13 heavy (non-hydrogen) atoms. The summed E-state index contributed by atoms with van der Waals surface area (Å²) in [4.78, 5) is 39.8. The quantitative estimate of drug-likeness (QED) is 0.154. The molecule has 0 atom stereocenters. The van der Waals surface area contributed by atoms with Crippen molar-refractivity contribution in [3.8, 4) is 0 Å². The zero-order valence-corrected chi connectivity index (χ0v) is 7.21. The van der Waals surface area contributed by atoms with Gasteiger partial charge >= 0.3 is 38.6 Å². The van der Waals surface area contributed by atoms with Crippen LogP contribution in [0.15, 0.2) is 0 Å². The van der Waals surface area contributed by atoms with Gasteiger partial charge in [0.1, 0.15) is 0 Å². The maximum absolute atomic E-state index is 9.10. The van der Waals surface area contributed by atoms with Crippen LogP contribution in [-0.2, 0) is 14.2 Å². The molecule has 0 bridgehead atoms. The molecule has 0 rings (SSSR count). The number of hydrogen-bond acceptors (Lipinski definition) is 3. The van der Waals surface area contributed by atoms with E-state index in [0.29, 0.717) is 0 Å². The number of phosphoric acid groups is 1.